The highest BCUT2D eigenvalue weighted by Crippen LogP contribution is 2.19. The normalized spacial score (nSPS) is 12.1. The number of nitrogens with zero attached hydrogens (tertiary/aromatic N) is 1. The van der Waals surface area contributed by atoms with Crippen LogP contribution >= 0.6 is 11.3 Å². The van der Waals surface area contributed by atoms with Crippen LogP contribution in [0, 0.1) is 5.92 Å². The lowest BCUT2D eigenvalue weighted by Crippen LogP contribution is -2.38. The van der Waals surface area contributed by atoms with Crippen LogP contribution in [0.15, 0.2) is 21.7 Å². The second-order valence-electron chi connectivity index (χ2n) is 4.73. The van der Waals surface area contributed by atoms with Crippen LogP contribution in [0.4, 0.5) is 0 Å². The number of carbonyl (C=O) groups excluding carboxylic acids is 1. The van der Waals surface area contributed by atoms with Gasteiger partial charge in [0, 0.05) is 13.6 Å². The first-order chi connectivity index (χ1) is 8.84. The summed E-state index contributed by atoms with van der Waals surface area (Å²) in [6.07, 6.45) is 0.882. The quantitative estimate of drug-likeness (QED) is 0.831. The average Bonchev–Trinajstić information content (AvgIpc) is 2.82. The molecule has 0 bridgehead atoms. The van der Waals surface area contributed by atoms with E-state index in [2.05, 4.69) is 19.2 Å². The van der Waals surface area contributed by atoms with E-state index in [-0.39, 0.29) is 16.7 Å². The van der Waals surface area contributed by atoms with Crippen molar-refractivity contribution in [1.29, 1.82) is 0 Å². The Kier molecular flexibility index (Phi) is 5.96. The molecule has 0 atom stereocenters. The van der Waals surface area contributed by atoms with Gasteiger partial charge in [-0.15, -0.1) is 11.3 Å². The molecule has 1 rings (SSSR count). The second kappa shape index (κ2) is 7.02. The maximum Gasteiger partial charge on any atom is 0.252 e. The van der Waals surface area contributed by atoms with Crippen LogP contribution in [0.3, 0.4) is 0 Å². The van der Waals surface area contributed by atoms with E-state index < -0.39 is 10.0 Å². The van der Waals surface area contributed by atoms with Crippen molar-refractivity contribution in [2.75, 3.05) is 20.1 Å². The van der Waals surface area contributed by atoms with Gasteiger partial charge in [0.05, 0.1) is 6.54 Å². The van der Waals surface area contributed by atoms with Gasteiger partial charge in [-0.05, 0) is 23.8 Å². The smallest absolute Gasteiger partial charge is 0.252 e. The lowest BCUT2D eigenvalue weighted by molar-refractivity contribution is -0.121. The molecule has 0 saturated heterocycles. The van der Waals surface area contributed by atoms with Crippen molar-refractivity contribution in [3.63, 3.8) is 0 Å². The standard InChI is InChI=1S/C12H20N2O3S2/c1-10(2)6-7-13-11(15)9-14(3)19(16,17)12-5-4-8-18-12/h4-5,8,10H,6-7,9H2,1-3H3,(H,13,15). The summed E-state index contributed by atoms with van der Waals surface area (Å²) in [5.74, 6) is 0.233. The van der Waals surface area contributed by atoms with Gasteiger partial charge in [0.1, 0.15) is 4.21 Å². The highest BCUT2D eigenvalue weighted by Gasteiger charge is 2.23. The summed E-state index contributed by atoms with van der Waals surface area (Å²) in [4.78, 5) is 11.6. The Morgan fingerprint density at radius 1 is 1.47 bits per heavy atom. The molecule has 0 aliphatic rings. The SMILES string of the molecule is CC(C)CCNC(=O)CN(C)S(=O)(=O)c1cccs1. The molecular weight excluding hydrogens is 284 g/mol. The molecule has 0 aliphatic heterocycles. The Morgan fingerprint density at radius 3 is 2.68 bits per heavy atom. The van der Waals surface area contributed by atoms with E-state index in [1.807, 2.05) is 0 Å². The number of hydrogen-bond donors (Lipinski definition) is 1. The van der Waals surface area contributed by atoms with Crippen LogP contribution in [-0.4, -0.2) is 38.8 Å². The van der Waals surface area contributed by atoms with Gasteiger partial charge in [0.25, 0.3) is 10.0 Å². The molecule has 0 spiro atoms. The Hall–Kier alpha value is -0.920. The number of amides is 1. The number of nitrogens with one attached hydrogen (secondary N) is 1. The Balaban J connectivity index is 2.51. The van der Waals surface area contributed by atoms with E-state index >= 15 is 0 Å². The van der Waals surface area contributed by atoms with Crippen LogP contribution in [0.5, 0.6) is 0 Å². The largest absolute Gasteiger partial charge is 0.355 e. The lowest BCUT2D eigenvalue weighted by Gasteiger charge is -2.16. The first kappa shape index (κ1) is 16.1. The van der Waals surface area contributed by atoms with Crippen LogP contribution in [0.1, 0.15) is 20.3 Å². The Bertz CT molecular complexity index is 495. The summed E-state index contributed by atoms with van der Waals surface area (Å²) >= 11 is 1.15. The van der Waals surface area contributed by atoms with Crippen molar-refractivity contribution in [1.82, 2.24) is 9.62 Å². The van der Waals surface area contributed by atoms with Gasteiger partial charge in [-0.1, -0.05) is 19.9 Å². The fraction of sp³-hybridized carbons (Fsp3) is 0.583. The Morgan fingerprint density at radius 2 is 2.16 bits per heavy atom. The predicted molar refractivity (Wildman–Crippen MR) is 76.6 cm³/mol. The fourth-order valence-corrected chi connectivity index (χ4v) is 3.74. The van der Waals surface area contributed by atoms with E-state index in [1.54, 1.807) is 11.4 Å². The molecule has 1 aromatic rings. The minimum absolute atomic E-state index is 0.154. The van der Waals surface area contributed by atoms with Crippen molar-refractivity contribution >= 4 is 27.3 Å². The van der Waals surface area contributed by atoms with Gasteiger partial charge >= 0.3 is 0 Å². The minimum Gasteiger partial charge on any atom is -0.355 e. The van der Waals surface area contributed by atoms with Crippen molar-refractivity contribution in [3.05, 3.63) is 17.5 Å². The molecule has 0 unspecified atom stereocenters. The molecule has 1 N–H and O–H groups in total. The molecule has 5 nitrogen and oxygen atoms in total. The van der Waals surface area contributed by atoms with Crippen molar-refractivity contribution in [3.8, 4) is 0 Å². The molecule has 1 amide bonds. The van der Waals surface area contributed by atoms with E-state index in [9.17, 15) is 13.2 Å². The highest BCUT2D eigenvalue weighted by molar-refractivity contribution is 7.91. The summed E-state index contributed by atoms with van der Waals surface area (Å²) < 4.78 is 25.5. The molecule has 1 aromatic heterocycles. The molecule has 7 heteroatoms. The van der Waals surface area contributed by atoms with Crippen molar-refractivity contribution < 1.29 is 13.2 Å². The number of sulfonamides is 1. The summed E-state index contributed by atoms with van der Waals surface area (Å²) in [5, 5.41) is 4.42. The molecule has 108 valence electrons. The molecule has 0 aromatic carbocycles. The number of thiophene rings is 1. The third kappa shape index (κ3) is 4.93. The molecular formula is C12H20N2O3S2. The summed E-state index contributed by atoms with van der Waals surface area (Å²) in [5.41, 5.74) is 0. The zero-order valence-corrected chi connectivity index (χ0v) is 13.1. The minimum atomic E-state index is -3.54. The van der Waals surface area contributed by atoms with Crippen LogP contribution in [-0.2, 0) is 14.8 Å². The molecule has 1 heterocycles. The molecule has 0 saturated carbocycles. The zero-order valence-electron chi connectivity index (χ0n) is 11.4. The summed E-state index contributed by atoms with van der Waals surface area (Å²) in [6.45, 7) is 4.56. The third-order valence-electron chi connectivity index (χ3n) is 2.57. The van der Waals surface area contributed by atoms with Gasteiger partial charge in [-0.2, -0.15) is 4.31 Å². The number of carbonyl (C=O) groups is 1. The maximum absolute atomic E-state index is 12.1. The van der Waals surface area contributed by atoms with Crippen molar-refractivity contribution in [2.45, 2.75) is 24.5 Å². The Labute approximate surface area is 118 Å². The van der Waals surface area contributed by atoms with Gasteiger partial charge in [-0.25, -0.2) is 8.42 Å². The predicted octanol–water partition coefficient (Wildman–Crippen LogP) is 1.53. The molecule has 0 fully saturated rings. The number of rotatable bonds is 7. The molecule has 0 aliphatic carbocycles. The van der Waals surface area contributed by atoms with Gasteiger partial charge in [0.15, 0.2) is 0 Å². The maximum atomic E-state index is 12.1. The van der Waals surface area contributed by atoms with Crippen molar-refractivity contribution in [2.24, 2.45) is 5.92 Å². The van der Waals surface area contributed by atoms with E-state index in [0.29, 0.717) is 12.5 Å². The van der Waals surface area contributed by atoms with Gasteiger partial charge < -0.3 is 5.32 Å². The van der Waals surface area contributed by atoms with Gasteiger partial charge in [-0.3, -0.25) is 4.79 Å². The first-order valence-electron chi connectivity index (χ1n) is 6.10. The van der Waals surface area contributed by atoms with Crippen LogP contribution in [0.25, 0.3) is 0 Å². The van der Waals surface area contributed by atoms with E-state index in [0.717, 1.165) is 22.1 Å². The number of hydrogen-bond acceptors (Lipinski definition) is 4. The highest BCUT2D eigenvalue weighted by atomic mass is 32.2. The van der Waals surface area contributed by atoms with E-state index in [4.69, 9.17) is 0 Å². The van der Waals surface area contributed by atoms with E-state index in [1.165, 1.54) is 13.1 Å². The second-order valence-corrected chi connectivity index (χ2v) is 7.95. The summed E-state index contributed by atoms with van der Waals surface area (Å²) in [6, 6.07) is 3.21. The van der Waals surface area contributed by atoms with Crippen LogP contribution < -0.4 is 5.32 Å². The molecule has 19 heavy (non-hydrogen) atoms. The number of likely N-dealkylation sites (N-methyl/N-ethyl adjacent to an activating group) is 1. The lowest BCUT2D eigenvalue weighted by atomic mass is 10.1. The summed E-state index contributed by atoms with van der Waals surface area (Å²) in [7, 11) is -2.13. The monoisotopic (exact) mass is 304 g/mol. The first-order valence-corrected chi connectivity index (χ1v) is 8.42. The molecule has 0 radical (unpaired) electrons. The van der Waals surface area contributed by atoms with Crippen LogP contribution in [0.2, 0.25) is 0 Å². The fourth-order valence-electron chi connectivity index (χ4n) is 1.41. The topological polar surface area (TPSA) is 66.5 Å². The zero-order chi connectivity index (χ0) is 14.5. The average molecular weight is 304 g/mol. The third-order valence-corrected chi connectivity index (χ3v) is 5.75. The van der Waals surface area contributed by atoms with Gasteiger partial charge in [0.2, 0.25) is 5.91 Å².